The van der Waals surface area contributed by atoms with Crippen LogP contribution in [0.1, 0.15) is 38.5 Å². The van der Waals surface area contributed by atoms with Gasteiger partial charge in [-0.25, -0.2) is 0 Å². The van der Waals surface area contributed by atoms with E-state index in [-0.39, 0.29) is 0 Å². The van der Waals surface area contributed by atoms with Gasteiger partial charge in [0.25, 0.3) is 0 Å². The minimum Gasteiger partial charge on any atom is -0.396 e. The first-order chi connectivity index (χ1) is 6.27. The first-order valence-corrected chi connectivity index (χ1v) is 5.71. The molecule has 0 aromatic rings. The van der Waals surface area contributed by atoms with Crippen molar-refractivity contribution in [2.75, 3.05) is 33.3 Å². The number of aliphatic hydroxyl groups excluding tert-OH is 1. The van der Waals surface area contributed by atoms with Gasteiger partial charge in [-0.3, -0.25) is 0 Å². The van der Waals surface area contributed by atoms with Gasteiger partial charge in [-0.15, -0.1) is 0 Å². The third kappa shape index (κ3) is 4.10. The van der Waals surface area contributed by atoms with Gasteiger partial charge in [0.1, 0.15) is 0 Å². The van der Waals surface area contributed by atoms with E-state index in [1.54, 1.807) is 0 Å². The van der Waals surface area contributed by atoms with Crippen molar-refractivity contribution in [3.05, 3.63) is 0 Å². The fraction of sp³-hybridized carbons (Fsp3) is 1.00. The molecule has 2 nitrogen and oxygen atoms in total. The van der Waals surface area contributed by atoms with Crippen LogP contribution in [0.25, 0.3) is 0 Å². The van der Waals surface area contributed by atoms with Crippen molar-refractivity contribution >= 4 is 0 Å². The molecule has 1 N–H and O–H groups in total. The van der Waals surface area contributed by atoms with Crippen LogP contribution in [-0.4, -0.2) is 42.9 Å². The molecule has 0 aromatic heterocycles. The molecule has 0 amide bonds. The molecule has 1 saturated heterocycles. The Bertz CT molecular complexity index is 130. The monoisotopic (exact) mass is 186 g/mol. The van der Waals surface area contributed by atoms with Gasteiger partial charge in [0.05, 0.1) is 26.7 Å². The standard InChI is InChI=1S/C11H24NO/c1-12(9-5-6-10-12)8-4-2-3-7-11-13/h13H,2-11H2,1H3/q+1. The SMILES string of the molecule is C[N+]1(CCCCCCO)CCCC1. The number of unbranched alkanes of at least 4 members (excludes halogenated alkanes) is 3. The molecule has 13 heavy (non-hydrogen) atoms. The minimum atomic E-state index is 0.367. The summed E-state index contributed by atoms with van der Waals surface area (Å²) in [5.74, 6) is 0. The molecule has 0 spiro atoms. The molecule has 0 saturated carbocycles. The average molecular weight is 186 g/mol. The zero-order valence-electron chi connectivity index (χ0n) is 8.97. The number of nitrogens with zero attached hydrogens (tertiary/aromatic N) is 1. The highest BCUT2D eigenvalue weighted by molar-refractivity contribution is 4.52. The van der Waals surface area contributed by atoms with E-state index >= 15 is 0 Å². The summed E-state index contributed by atoms with van der Waals surface area (Å²) in [5.41, 5.74) is 0. The van der Waals surface area contributed by atoms with Gasteiger partial charge in [-0.1, -0.05) is 6.42 Å². The molecule has 0 aliphatic carbocycles. The molecular weight excluding hydrogens is 162 g/mol. The maximum absolute atomic E-state index is 8.62. The van der Waals surface area contributed by atoms with E-state index in [2.05, 4.69) is 7.05 Å². The maximum atomic E-state index is 8.62. The van der Waals surface area contributed by atoms with Crippen LogP contribution in [0.4, 0.5) is 0 Å². The van der Waals surface area contributed by atoms with Gasteiger partial charge in [0.15, 0.2) is 0 Å². The average Bonchev–Trinajstić information content (AvgIpc) is 2.53. The number of rotatable bonds is 6. The number of aliphatic hydroxyl groups is 1. The smallest absolute Gasteiger partial charge is 0.0786 e. The summed E-state index contributed by atoms with van der Waals surface area (Å²) in [7, 11) is 2.39. The Morgan fingerprint density at radius 2 is 1.62 bits per heavy atom. The Morgan fingerprint density at radius 3 is 2.23 bits per heavy atom. The zero-order chi connectivity index (χ0) is 9.57. The summed E-state index contributed by atoms with van der Waals surface area (Å²) >= 11 is 0. The summed E-state index contributed by atoms with van der Waals surface area (Å²) in [4.78, 5) is 0. The van der Waals surface area contributed by atoms with Gasteiger partial charge in [-0.05, 0) is 19.3 Å². The van der Waals surface area contributed by atoms with Crippen LogP contribution < -0.4 is 0 Å². The highest BCUT2D eigenvalue weighted by atomic mass is 16.2. The van der Waals surface area contributed by atoms with Gasteiger partial charge in [0, 0.05) is 19.4 Å². The number of hydrogen-bond donors (Lipinski definition) is 1. The Labute approximate surface area is 82.1 Å². The molecule has 0 bridgehead atoms. The molecule has 1 fully saturated rings. The summed E-state index contributed by atoms with van der Waals surface area (Å²) in [6.07, 6.45) is 7.69. The summed E-state index contributed by atoms with van der Waals surface area (Å²) in [6.45, 7) is 4.50. The van der Waals surface area contributed by atoms with E-state index in [9.17, 15) is 0 Å². The van der Waals surface area contributed by atoms with E-state index < -0.39 is 0 Å². The maximum Gasteiger partial charge on any atom is 0.0786 e. The lowest BCUT2D eigenvalue weighted by Crippen LogP contribution is -2.41. The van der Waals surface area contributed by atoms with Gasteiger partial charge in [0.2, 0.25) is 0 Å². The third-order valence-corrected chi connectivity index (χ3v) is 3.25. The van der Waals surface area contributed by atoms with E-state index in [0.717, 1.165) is 6.42 Å². The molecule has 1 aliphatic heterocycles. The lowest BCUT2D eigenvalue weighted by atomic mass is 10.2. The molecule has 1 rings (SSSR count). The van der Waals surface area contributed by atoms with E-state index in [0.29, 0.717) is 6.61 Å². The van der Waals surface area contributed by atoms with Crippen molar-refractivity contribution in [2.24, 2.45) is 0 Å². The quantitative estimate of drug-likeness (QED) is 0.495. The Morgan fingerprint density at radius 1 is 1.00 bits per heavy atom. The molecule has 0 aromatic carbocycles. The molecule has 78 valence electrons. The van der Waals surface area contributed by atoms with Crippen molar-refractivity contribution in [1.29, 1.82) is 0 Å². The second-order valence-corrected chi connectivity index (χ2v) is 4.64. The molecule has 2 heteroatoms. The predicted octanol–water partition coefficient (Wildman–Crippen LogP) is 1.78. The topological polar surface area (TPSA) is 20.2 Å². The second-order valence-electron chi connectivity index (χ2n) is 4.64. The van der Waals surface area contributed by atoms with Crippen molar-refractivity contribution < 1.29 is 9.59 Å². The van der Waals surface area contributed by atoms with Crippen LogP contribution in [-0.2, 0) is 0 Å². The zero-order valence-corrected chi connectivity index (χ0v) is 8.97. The third-order valence-electron chi connectivity index (χ3n) is 3.25. The molecule has 1 aliphatic rings. The number of hydrogen-bond acceptors (Lipinski definition) is 1. The number of quaternary nitrogens is 1. The van der Waals surface area contributed by atoms with E-state index in [1.807, 2.05) is 0 Å². The highest BCUT2D eigenvalue weighted by Gasteiger charge is 2.25. The number of likely N-dealkylation sites (tertiary alicyclic amines) is 1. The highest BCUT2D eigenvalue weighted by Crippen LogP contribution is 2.17. The fourth-order valence-electron chi connectivity index (χ4n) is 2.28. The van der Waals surface area contributed by atoms with E-state index in [1.165, 1.54) is 56.2 Å². The van der Waals surface area contributed by atoms with Gasteiger partial charge >= 0.3 is 0 Å². The van der Waals surface area contributed by atoms with Crippen LogP contribution in [0.2, 0.25) is 0 Å². The van der Waals surface area contributed by atoms with Crippen LogP contribution >= 0.6 is 0 Å². The van der Waals surface area contributed by atoms with Crippen molar-refractivity contribution in [3.63, 3.8) is 0 Å². The van der Waals surface area contributed by atoms with E-state index in [4.69, 9.17) is 5.11 Å². The van der Waals surface area contributed by atoms with Crippen LogP contribution in [0.15, 0.2) is 0 Å². The summed E-state index contributed by atoms with van der Waals surface area (Å²) < 4.78 is 1.30. The van der Waals surface area contributed by atoms with Gasteiger partial charge in [-0.2, -0.15) is 0 Å². The van der Waals surface area contributed by atoms with Crippen LogP contribution in [0.3, 0.4) is 0 Å². The van der Waals surface area contributed by atoms with Crippen molar-refractivity contribution in [2.45, 2.75) is 38.5 Å². The minimum absolute atomic E-state index is 0.367. The van der Waals surface area contributed by atoms with Crippen molar-refractivity contribution in [1.82, 2.24) is 0 Å². The molecule has 1 heterocycles. The molecule has 0 radical (unpaired) electrons. The lowest BCUT2D eigenvalue weighted by molar-refractivity contribution is -0.897. The first-order valence-electron chi connectivity index (χ1n) is 5.71. The predicted molar refractivity (Wildman–Crippen MR) is 55.6 cm³/mol. The lowest BCUT2D eigenvalue weighted by Gasteiger charge is -2.29. The largest absolute Gasteiger partial charge is 0.396 e. The Hall–Kier alpha value is -0.0800. The summed E-state index contributed by atoms with van der Waals surface area (Å²) in [6, 6.07) is 0. The van der Waals surface area contributed by atoms with Crippen LogP contribution in [0.5, 0.6) is 0 Å². The first kappa shape index (κ1) is 11.0. The normalized spacial score (nSPS) is 20.8. The molecule has 0 atom stereocenters. The summed E-state index contributed by atoms with van der Waals surface area (Å²) in [5, 5.41) is 8.62. The van der Waals surface area contributed by atoms with Crippen LogP contribution in [0, 0.1) is 0 Å². The van der Waals surface area contributed by atoms with Crippen molar-refractivity contribution in [3.8, 4) is 0 Å². The molecule has 0 unspecified atom stereocenters. The molecular formula is C11H24NO+. The fourth-order valence-corrected chi connectivity index (χ4v) is 2.28. The Balaban J connectivity index is 1.98. The van der Waals surface area contributed by atoms with Gasteiger partial charge < -0.3 is 9.59 Å². The second kappa shape index (κ2) is 5.61. The Kier molecular flexibility index (Phi) is 4.74.